The van der Waals surface area contributed by atoms with Crippen LogP contribution in [0.25, 0.3) is 22.5 Å². The zero-order valence-electron chi connectivity index (χ0n) is 20.4. The molecule has 3 amide bonds. The molecule has 36 heavy (non-hydrogen) atoms. The number of halogens is 3. The highest BCUT2D eigenvalue weighted by Gasteiger charge is 2.22. The number of rotatable bonds is 5. The van der Waals surface area contributed by atoms with Gasteiger partial charge in [-0.05, 0) is 57.0 Å². The monoisotopic (exact) mass is 521 g/mol. The lowest BCUT2D eigenvalue weighted by atomic mass is 9.97. The lowest BCUT2D eigenvalue weighted by Crippen LogP contribution is -2.51. The van der Waals surface area contributed by atoms with E-state index in [0.29, 0.717) is 5.56 Å². The average Bonchev–Trinajstić information content (AvgIpc) is 3.20. The van der Waals surface area contributed by atoms with Gasteiger partial charge in [-0.2, -0.15) is 4.98 Å². The van der Waals surface area contributed by atoms with Crippen molar-refractivity contribution in [3.05, 3.63) is 58.4 Å². The fourth-order valence-electron chi connectivity index (χ4n) is 3.24. The predicted molar refractivity (Wildman–Crippen MR) is 129 cm³/mol. The summed E-state index contributed by atoms with van der Waals surface area (Å²) in [6.07, 6.45) is -0.795. The van der Waals surface area contributed by atoms with E-state index in [0.717, 1.165) is 11.1 Å². The fraction of sp³-hybridized carbons (Fsp3) is 0.333. The van der Waals surface area contributed by atoms with Gasteiger partial charge in [-0.1, -0.05) is 28.9 Å². The van der Waals surface area contributed by atoms with E-state index < -0.39 is 29.4 Å². The van der Waals surface area contributed by atoms with Crippen LogP contribution in [0.2, 0.25) is 5.02 Å². The van der Waals surface area contributed by atoms with E-state index in [-0.39, 0.29) is 46.5 Å². The summed E-state index contributed by atoms with van der Waals surface area (Å²) in [6, 6.07) is 6.13. The molecule has 0 saturated carbocycles. The maximum Gasteiger partial charge on any atom is 0.426 e. The summed E-state index contributed by atoms with van der Waals surface area (Å²) in [5, 5.41) is 7.42. The van der Waals surface area contributed by atoms with Crippen LogP contribution in [0.1, 0.15) is 39.1 Å². The normalized spacial score (nSPS) is 11.2. The second kappa shape index (κ2) is 10.9. The van der Waals surface area contributed by atoms with Gasteiger partial charge in [0.05, 0.1) is 5.56 Å². The van der Waals surface area contributed by atoms with Crippen molar-refractivity contribution in [3.8, 4) is 22.5 Å². The van der Waals surface area contributed by atoms with E-state index in [1.54, 1.807) is 40.7 Å². The Hall–Kier alpha value is -3.73. The first-order chi connectivity index (χ1) is 16.9. The molecule has 0 bridgehead atoms. The number of benzene rings is 2. The largest absolute Gasteiger partial charge is 0.443 e. The Kier molecular flexibility index (Phi) is 8.13. The quantitative estimate of drug-likeness (QED) is 0.422. The standard InChI is InChI=1S/C24H26ClF2N5O4/c1-6-32(30-23(34)35-24(3,4)5)22(33)28-12-15-8-7-14(9-18(15)26)17-10-16(25)11-19(27)20(17)21-29-13(2)36-31-21/h7-11H,6,12H2,1-5H3,(H,28,33)(H,30,34). The number of aryl methyl sites for hydroxylation is 1. The van der Waals surface area contributed by atoms with Crippen LogP contribution in [0.15, 0.2) is 34.9 Å². The maximum absolute atomic E-state index is 15.0. The van der Waals surface area contributed by atoms with Gasteiger partial charge in [-0.15, -0.1) is 0 Å². The Bertz CT molecular complexity index is 1280. The van der Waals surface area contributed by atoms with Crippen molar-refractivity contribution in [2.75, 3.05) is 6.54 Å². The summed E-state index contributed by atoms with van der Waals surface area (Å²) in [6.45, 7) is 8.27. The van der Waals surface area contributed by atoms with Crippen molar-refractivity contribution in [1.82, 2.24) is 25.9 Å². The second-order valence-corrected chi connectivity index (χ2v) is 9.21. The molecule has 2 N–H and O–H groups in total. The first-order valence-electron chi connectivity index (χ1n) is 11.0. The first-order valence-corrected chi connectivity index (χ1v) is 11.4. The van der Waals surface area contributed by atoms with Crippen LogP contribution in [0.4, 0.5) is 18.4 Å². The highest BCUT2D eigenvalue weighted by molar-refractivity contribution is 6.31. The number of nitrogens with zero attached hydrogens (tertiary/aromatic N) is 3. The van der Waals surface area contributed by atoms with Crippen molar-refractivity contribution >= 4 is 23.7 Å². The number of hydrazine groups is 1. The van der Waals surface area contributed by atoms with Gasteiger partial charge in [0.1, 0.15) is 17.2 Å². The van der Waals surface area contributed by atoms with Crippen molar-refractivity contribution in [3.63, 3.8) is 0 Å². The van der Waals surface area contributed by atoms with Crippen LogP contribution in [0.5, 0.6) is 0 Å². The van der Waals surface area contributed by atoms with Crippen molar-refractivity contribution in [1.29, 1.82) is 0 Å². The van der Waals surface area contributed by atoms with E-state index in [1.165, 1.54) is 18.2 Å². The molecule has 0 spiro atoms. The number of nitrogens with one attached hydrogen (secondary N) is 2. The van der Waals surface area contributed by atoms with Gasteiger partial charge in [0.25, 0.3) is 0 Å². The molecular weight excluding hydrogens is 496 g/mol. The van der Waals surface area contributed by atoms with Crippen LogP contribution in [0, 0.1) is 18.6 Å². The van der Waals surface area contributed by atoms with Gasteiger partial charge in [0.15, 0.2) is 0 Å². The van der Waals surface area contributed by atoms with Crippen LogP contribution in [-0.4, -0.2) is 39.4 Å². The third-order valence-corrected chi connectivity index (χ3v) is 5.01. The molecule has 192 valence electrons. The lowest BCUT2D eigenvalue weighted by Gasteiger charge is -2.25. The summed E-state index contributed by atoms with van der Waals surface area (Å²) in [5.41, 5.74) is 2.38. The van der Waals surface area contributed by atoms with E-state index in [1.807, 2.05) is 0 Å². The summed E-state index contributed by atoms with van der Waals surface area (Å²) in [4.78, 5) is 28.5. The van der Waals surface area contributed by atoms with Crippen LogP contribution >= 0.6 is 11.6 Å². The highest BCUT2D eigenvalue weighted by Crippen LogP contribution is 2.36. The number of hydrogen-bond acceptors (Lipinski definition) is 6. The van der Waals surface area contributed by atoms with Crippen LogP contribution in [-0.2, 0) is 11.3 Å². The molecule has 2 aromatic carbocycles. The number of amides is 3. The smallest absolute Gasteiger partial charge is 0.426 e. The second-order valence-electron chi connectivity index (χ2n) is 8.77. The Morgan fingerprint density at radius 2 is 1.89 bits per heavy atom. The highest BCUT2D eigenvalue weighted by atomic mass is 35.5. The molecule has 0 radical (unpaired) electrons. The van der Waals surface area contributed by atoms with Crippen molar-refractivity contribution in [2.45, 2.75) is 46.8 Å². The van der Waals surface area contributed by atoms with Gasteiger partial charge in [0.2, 0.25) is 11.7 Å². The molecule has 12 heteroatoms. The summed E-state index contributed by atoms with van der Waals surface area (Å²) in [7, 11) is 0. The minimum atomic E-state index is -0.795. The molecule has 9 nitrogen and oxygen atoms in total. The van der Waals surface area contributed by atoms with Crippen LogP contribution < -0.4 is 10.7 Å². The topological polar surface area (TPSA) is 110 Å². The number of urea groups is 1. The molecule has 3 aromatic rings. The molecule has 0 unspecified atom stereocenters. The molecule has 0 saturated heterocycles. The molecule has 0 atom stereocenters. The van der Waals surface area contributed by atoms with Crippen molar-refractivity contribution in [2.24, 2.45) is 0 Å². The van der Waals surface area contributed by atoms with E-state index in [9.17, 15) is 18.4 Å². The SMILES string of the molecule is CCN(NC(=O)OC(C)(C)C)C(=O)NCc1ccc(-c2cc(Cl)cc(F)c2-c2noc(C)n2)cc1F. The molecular formula is C24H26ClF2N5O4. The maximum atomic E-state index is 15.0. The van der Waals surface area contributed by atoms with Crippen molar-refractivity contribution < 1.29 is 27.6 Å². The van der Waals surface area contributed by atoms with Gasteiger partial charge in [-0.25, -0.2) is 28.8 Å². The number of aromatic nitrogens is 2. The minimum absolute atomic E-state index is 0.00515. The third kappa shape index (κ3) is 6.69. The zero-order valence-corrected chi connectivity index (χ0v) is 21.2. The number of carbonyl (C=O) groups excluding carboxylic acids is 2. The first kappa shape index (κ1) is 26.9. The number of hydrogen-bond donors (Lipinski definition) is 2. The van der Waals surface area contributed by atoms with E-state index >= 15 is 0 Å². The van der Waals surface area contributed by atoms with Gasteiger partial charge in [0, 0.05) is 30.6 Å². The lowest BCUT2D eigenvalue weighted by molar-refractivity contribution is 0.0383. The summed E-state index contributed by atoms with van der Waals surface area (Å²) >= 11 is 6.05. The Morgan fingerprint density at radius 1 is 1.17 bits per heavy atom. The Morgan fingerprint density at radius 3 is 2.47 bits per heavy atom. The molecule has 0 fully saturated rings. The number of carbonyl (C=O) groups is 2. The molecule has 0 aliphatic heterocycles. The molecule has 0 aliphatic rings. The zero-order chi connectivity index (χ0) is 26.6. The van der Waals surface area contributed by atoms with Gasteiger partial charge >= 0.3 is 12.1 Å². The predicted octanol–water partition coefficient (Wildman–Crippen LogP) is 5.61. The third-order valence-electron chi connectivity index (χ3n) is 4.79. The molecule has 1 heterocycles. The fourth-order valence-corrected chi connectivity index (χ4v) is 3.44. The van der Waals surface area contributed by atoms with E-state index in [4.69, 9.17) is 20.9 Å². The summed E-state index contributed by atoms with van der Waals surface area (Å²) in [5.74, 6) is -1.09. The van der Waals surface area contributed by atoms with Crippen LogP contribution in [0.3, 0.4) is 0 Å². The average molecular weight is 522 g/mol. The Labute approximate surface area is 211 Å². The summed E-state index contributed by atoms with van der Waals surface area (Å²) < 4.78 is 39.8. The number of ether oxygens (including phenoxy) is 1. The molecule has 1 aromatic heterocycles. The van der Waals surface area contributed by atoms with Gasteiger partial charge < -0.3 is 14.6 Å². The van der Waals surface area contributed by atoms with Gasteiger partial charge in [-0.3, -0.25) is 0 Å². The molecule has 0 aliphatic carbocycles. The minimum Gasteiger partial charge on any atom is -0.443 e. The van der Waals surface area contributed by atoms with E-state index in [2.05, 4.69) is 20.9 Å². The molecule has 3 rings (SSSR count). The Balaban J connectivity index is 1.77.